The smallest absolute Gasteiger partial charge is 0.193 e. The Labute approximate surface area is 231 Å². The summed E-state index contributed by atoms with van der Waals surface area (Å²) in [7, 11) is -2.07. The number of methoxy groups -OCH3 is 1. The van der Waals surface area contributed by atoms with Gasteiger partial charge in [0.05, 0.1) is 40.6 Å². The summed E-state index contributed by atoms with van der Waals surface area (Å²) in [6.45, 7) is 1.37. The van der Waals surface area contributed by atoms with E-state index in [4.69, 9.17) is 21.4 Å². The monoisotopic (exact) mass is 571 g/mol. The fraction of sp³-hybridized carbons (Fsp3) is 0.357. The minimum absolute atomic E-state index is 0.0164. The van der Waals surface area contributed by atoms with Crippen LogP contribution in [0.25, 0.3) is 10.9 Å². The van der Waals surface area contributed by atoms with Gasteiger partial charge in [-0.25, -0.2) is 8.42 Å². The van der Waals surface area contributed by atoms with Crippen molar-refractivity contribution in [1.82, 2.24) is 15.1 Å². The van der Waals surface area contributed by atoms with Crippen LogP contribution in [0.3, 0.4) is 0 Å². The van der Waals surface area contributed by atoms with Crippen LogP contribution >= 0.6 is 22.9 Å². The summed E-state index contributed by atoms with van der Waals surface area (Å²) in [6, 6.07) is 16.8. The molecule has 0 radical (unpaired) electrons. The third kappa shape index (κ3) is 5.96. The molecule has 1 atom stereocenters. The van der Waals surface area contributed by atoms with Gasteiger partial charge < -0.3 is 10.1 Å². The average molecular weight is 572 g/mol. The number of rotatable bonds is 10. The molecule has 0 saturated carbocycles. The van der Waals surface area contributed by atoms with E-state index in [1.807, 2.05) is 41.1 Å². The molecule has 2 aromatic heterocycles. The SMILES string of the molecule is COc1cccc2c1c(CS(=O)(=O)c1ccc(Cl)s1)nn2Cc1cccc(CCC(=O)[C@@H]2CCCCN2)c1. The van der Waals surface area contributed by atoms with E-state index in [0.29, 0.717) is 40.6 Å². The molecule has 3 heterocycles. The number of thiophene rings is 1. The Morgan fingerprint density at radius 2 is 1.97 bits per heavy atom. The van der Waals surface area contributed by atoms with Crippen molar-refractivity contribution < 1.29 is 17.9 Å². The summed E-state index contributed by atoms with van der Waals surface area (Å²) in [5.41, 5.74) is 3.35. The molecule has 0 aliphatic carbocycles. The molecule has 1 saturated heterocycles. The lowest BCUT2D eigenvalue weighted by atomic mass is 9.96. The molecule has 38 heavy (non-hydrogen) atoms. The molecule has 1 aliphatic heterocycles. The number of hydrogen-bond acceptors (Lipinski definition) is 7. The second-order valence-corrected chi connectivity index (χ2v) is 13.5. The highest BCUT2D eigenvalue weighted by Gasteiger charge is 2.24. The predicted molar refractivity (Wildman–Crippen MR) is 151 cm³/mol. The lowest BCUT2D eigenvalue weighted by Gasteiger charge is -2.22. The molecule has 0 bridgehead atoms. The molecule has 2 aromatic carbocycles. The zero-order chi connectivity index (χ0) is 26.7. The van der Waals surface area contributed by atoms with Crippen molar-refractivity contribution in [1.29, 1.82) is 0 Å². The van der Waals surface area contributed by atoms with Crippen LogP contribution in [0.1, 0.15) is 42.5 Å². The number of ketones is 1. The molecule has 0 amide bonds. The van der Waals surface area contributed by atoms with Crippen molar-refractivity contribution in [3.05, 3.63) is 75.8 Å². The Morgan fingerprint density at radius 1 is 1.16 bits per heavy atom. The molecule has 10 heteroatoms. The zero-order valence-corrected chi connectivity index (χ0v) is 23.5. The van der Waals surface area contributed by atoms with Gasteiger partial charge in [0.25, 0.3) is 0 Å². The van der Waals surface area contributed by atoms with Crippen LogP contribution < -0.4 is 10.1 Å². The van der Waals surface area contributed by atoms with E-state index in [2.05, 4.69) is 11.4 Å². The van der Waals surface area contributed by atoms with Crippen molar-refractivity contribution in [3.63, 3.8) is 0 Å². The Kier molecular flexibility index (Phi) is 8.18. The molecule has 0 unspecified atom stereocenters. The van der Waals surface area contributed by atoms with Gasteiger partial charge in [-0.3, -0.25) is 9.48 Å². The molecule has 7 nitrogen and oxygen atoms in total. The van der Waals surface area contributed by atoms with Gasteiger partial charge >= 0.3 is 0 Å². The maximum absolute atomic E-state index is 13.1. The number of aromatic nitrogens is 2. The standard InChI is InChI=1S/C28H30ClN3O4S2/c1-36-25-10-5-9-23-28(25)22(18-38(34,35)27-14-13-26(29)37-27)31-32(23)17-20-7-4-6-19(16-20)11-12-24(33)21-8-2-3-15-30-21/h4-7,9-10,13-14,16,21,30H,2-3,8,11-12,15,17-18H2,1H3/t21-/m0/s1. The summed E-state index contributed by atoms with van der Waals surface area (Å²) in [6.07, 6.45) is 4.36. The van der Waals surface area contributed by atoms with Crippen LogP contribution in [0.5, 0.6) is 5.75 Å². The first kappa shape index (κ1) is 26.9. The summed E-state index contributed by atoms with van der Waals surface area (Å²) in [5.74, 6) is 0.593. The van der Waals surface area contributed by atoms with E-state index in [9.17, 15) is 13.2 Å². The van der Waals surface area contributed by atoms with Crippen LogP contribution in [0.2, 0.25) is 4.34 Å². The number of nitrogens with one attached hydrogen (secondary N) is 1. The summed E-state index contributed by atoms with van der Waals surface area (Å²) in [5, 5.41) is 8.76. The van der Waals surface area contributed by atoms with Crippen LogP contribution in [-0.4, -0.2) is 43.7 Å². The molecule has 5 rings (SSSR count). The van der Waals surface area contributed by atoms with Crippen molar-refractivity contribution in [2.75, 3.05) is 13.7 Å². The van der Waals surface area contributed by atoms with Gasteiger partial charge in [0.15, 0.2) is 9.84 Å². The van der Waals surface area contributed by atoms with Crippen molar-refractivity contribution >= 4 is 49.5 Å². The lowest BCUT2D eigenvalue weighted by Crippen LogP contribution is -2.40. The first-order chi connectivity index (χ1) is 18.3. The third-order valence-corrected chi connectivity index (χ3v) is 10.3. The largest absolute Gasteiger partial charge is 0.496 e. The zero-order valence-electron chi connectivity index (χ0n) is 21.2. The Bertz CT molecular complexity index is 1560. The maximum Gasteiger partial charge on any atom is 0.193 e. The number of nitrogens with zero attached hydrogens (tertiary/aromatic N) is 2. The van der Waals surface area contributed by atoms with Crippen molar-refractivity contribution in [2.45, 2.75) is 54.7 Å². The average Bonchev–Trinajstić information content (AvgIpc) is 3.52. The van der Waals surface area contributed by atoms with E-state index < -0.39 is 9.84 Å². The number of ether oxygens (including phenoxy) is 1. The number of piperidine rings is 1. The molecular weight excluding hydrogens is 542 g/mol. The van der Waals surface area contributed by atoms with Crippen molar-refractivity contribution in [2.24, 2.45) is 0 Å². The van der Waals surface area contributed by atoms with E-state index >= 15 is 0 Å². The normalized spacial score (nSPS) is 16.1. The Morgan fingerprint density at radius 3 is 2.71 bits per heavy atom. The number of fused-ring (bicyclic) bond motifs is 1. The number of benzene rings is 2. The second kappa shape index (κ2) is 11.6. The number of carbonyl (C=O) groups excluding carboxylic acids is 1. The number of carbonyl (C=O) groups is 1. The summed E-state index contributed by atoms with van der Waals surface area (Å²) >= 11 is 7.03. The minimum atomic E-state index is -3.63. The van der Waals surface area contributed by atoms with Crippen LogP contribution in [0.4, 0.5) is 0 Å². The fourth-order valence-corrected chi connectivity index (χ4v) is 7.85. The van der Waals surface area contributed by atoms with Gasteiger partial charge in [0, 0.05) is 6.42 Å². The van der Waals surface area contributed by atoms with Crippen molar-refractivity contribution in [3.8, 4) is 5.75 Å². The van der Waals surface area contributed by atoms with E-state index in [-0.39, 0.29) is 21.8 Å². The highest BCUT2D eigenvalue weighted by Crippen LogP contribution is 2.33. The minimum Gasteiger partial charge on any atom is -0.496 e. The second-order valence-electron chi connectivity index (χ2n) is 9.57. The molecule has 200 valence electrons. The molecule has 1 N–H and O–H groups in total. The first-order valence-corrected chi connectivity index (χ1v) is 15.5. The van der Waals surface area contributed by atoms with E-state index in [1.165, 1.54) is 6.07 Å². The molecular formula is C28H30ClN3O4S2. The molecule has 1 fully saturated rings. The van der Waals surface area contributed by atoms with Crippen LogP contribution in [0, 0.1) is 0 Å². The van der Waals surface area contributed by atoms with Gasteiger partial charge in [-0.05, 0) is 61.2 Å². The topological polar surface area (TPSA) is 90.3 Å². The van der Waals surface area contributed by atoms with Crippen LogP contribution in [-0.2, 0) is 33.4 Å². The van der Waals surface area contributed by atoms with E-state index in [1.54, 1.807) is 13.2 Å². The van der Waals surface area contributed by atoms with E-state index in [0.717, 1.165) is 53.8 Å². The van der Waals surface area contributed by atoms with Gasteiger partial charge in [-0.15, -0.1) is 11.3 Å². The Balaban J connectivity index is 1.39. The van der Waals surface area contributed by atoms with Gasteiger partial charge in [-0.2, -0.15) is 5.10 Å². The van der Waals surface area contributed by atoms with Crippen LogP contribution in [0.15, 0.2) is 58.8 Å². The number of hydrogen-bond donors (Lipinski definition) is 1. The summed E-state index contributed by atoms with van der Waals surface area (Å²) in [4.78, 5) is 12.6. The van der Waals surface area contributed by atoms with Gasteiger partial charge in [0.2, 0.25) is 0 Å². The first-order valence-electron chi connectivity index (χ1n) is 12.7. The molecule has 0 spiro atoms. The highest BCUT2D eigenvalue weighted by molar-refractivity contribution is 7.92. The number of sulfone groups is 1. The van der Waals surface area contributed by atoms with Gasteiger partial charge in [0.1, 0.15) is 21.5 Å². The Hall–Kier alpha value is -2.72. The highest BCUT2D eigenvalue weighted by atomic mass is 35.5. The third-order valence-electron chi connectivity index (χ3n) is 6.90. The maximum atomic E-state index is 13.1. The molecule has 4 aromatic rings. The lowest BCUT2D eigenvalue weighted by molar-refractivity contribution is -0.121. The molecule has 1 aliphatic rings. The summed E-state index contributed by atoms with van der Waals surface area (Å²) < 4.78 is 34.3. The number of aryl methyl sites for hydroxylation is 1. The number of Topliss-reactive ketones (excluding diaryl/α,β-unsaturated/α-hetero) is 1. The fourth-order valence-electron chi connectivity index (χ4n) is 5.01. The number of halogens is 1. The predicted octanol–water partition coefficient (Wildman–Crippen LogP) is 5.43. The van der Waals surface area contributed by atoms with Gasteiger partial charge in [-0.1, -0.05) is 48.4 Å². The quantitative estimate of drug-likeness (QED) is 0.273.